The topological polar surface area (TPSA) is 66.5 Å². The fourth-order valence-electron chi connectivity index (χ4n) is 3.00. The van der Waals surface area contributed by atoms with Gasteiger partial charge in [-0.25, -0.2) is 9.78 Å². The number of likely N-dealkylation sites (tertiary alicyclic amines) is 1. The number of carbonyl (C=O) groups excluding carboxylic acids is 1. The van der Waals surface area contributed by atoms with E-state index in [1.807, 2.05) is 12.3 Å². The molecule has 1 aliphatic heterocycles. The zero-order valence-corrected chi connectivity index (χ0v) is 16.1. The Morgan fingerprint density at radius 2 is 2.04 bits per heavy atom. The van der Waals surface area contributed by atoms with Crippen molar-refractivity contribution >= 4 is 28.2 Å². The Hall–Kier alpha value is -2.49. The quantitative estimate of drug-likeness (QED) is 0.744. The molecular weight excluding hydrogens is 393 g/mol. The molecule has 3 rings (SSSR count). The molecule has 28 heavy (non-hydrogen) atoms. The maximum Gasteiger partial charge on any atom is 0.573 e. The van der Waals surface area contributed by atoms with Crippen molar-refractivity contribution < 1.29 is 22.7 Å². The van der Waals surface area contributed by atoms with Gasteiger partial charge in [-0.3, -0.25) is 5.32 Å². The Morgan fingerprint density at radius 1 is 1.32 bits per heavy atom. The number of thiazole rings is 1. The van der Waals surface area contributed by atoms with Crippen molar-refractivity contribution in [3.05, 3.63) is 35.3 Å². The molecule has 2 amide bonds. The summed E-state index contributed by atoms with van der Waals surface area (Å²) in [4.78, 5) is 18.2. The Kier molecular flexibility index (Phi) is 6.28. The second-order valence-electron chi connectivity index (χ2n) is 6.58. The SMILES string of the molecule is Cc1csc(NC(=O)N2CCC(CNc3ccccc3OC(F)(F)F)CC2)n1. The van der Waals surface area contributed by atoms with Crippen molar-refractivity contribution in [2.24, 2.45) is 5.92 Å². The minimum atomic E-state index is -4.73. The number of benzene rings is 1. The van der Waals surface area contributed by atoms with E-state index in [0.717, 1.165) is 18.5 Å². The Bertz CT molecular complexity index is 804. The number of hydrogen-bond acceptors (Lipinski definition) is 5. The van der Waals surface area contributed by atoms with Gasteiger partial charge >= 0.3 is 12.4 Å². The summed E-state index contributed by atoms with van der Waals surface area (Å²) in [5, 5.41) is 8.28. The van der Waals surface area contributed by atoms with E-state index in [9.17, 15) is 18.0 Å². The smallest absolute Gasteiger partial charge is 0.404 e. The van der Waals surface area contributed by atoms with Crippen LogP contribution in [0.4, 0.5) is 28.8 Å². The highest BCUT2D eigenvalue weighted by atomic mass is 32.1. The monoisotopic (exact) mass is 414 g/mol. The van der Waals surface area contributed by atoms with E-state index >= 15 is 0 Å². The van der Waals surface area contributed by atoms with Gasteiger partial charge < -0.3 is 15.0 Å². The third kappa shape index (κ3) is 5.75. The summed E-state index contributed by atoms with van der Waals surface area (Å²) in [6, 6.07) is 5.80. The second kappa shape index (κ2) is 8.68. The van der Waals surface area contributed by atoms with Gasteiger partial charge in [0.1, 0.15) is 0 Å². The number of ether oxygens (including phenoxy) is 1. The van der Waals surface area contributed by atoms with Crippen LogP contribution in [0.5, 0.6) is 5.75 Å². The average molecular weight is 414 g/mol. The first-order chi connectivity index (χ1) is 13.3. The van der Waals surface area contributed by atoms with E-state index < -0.39 is 6.36 Å². The lowest BCUT2D eigenvalue weighted by Gasteiger charge is -2.32. The molecule has 1 aliphatic rings. The maximum atomic E-state index is 12.5. The predicted octanol–water partition coefficient (Wildman–Crippen LogP) is 4.71. The number of para-hydroxylation sites is 2. The van der Waals surface area contributed by atoms with Crippen LogP contribution in [0.25, 0.3) is 0 Å². The van der Waals surface area contributed by atoms with Gasteiger partial charge in [0, 0.05) is 25.0 Å². The van der Waals surface area contributed by atoms with Crippen molar-refractivity contribution in [2.45, 2.75) is 26.1 Å². The van der Waals surface area contributed by atoms with Gasteiger partial charge in [-0.05, 0) is 37.8 Å². The highest BCUT2D eigenvalue weighted by Gasteiger charge is 2.32. The van der Waals surface area contributed by atoms with Gasteiger partial charge in [-0.1, -0.05) is 12.1 Å². The van der Waals surface area contributed by atoms with Gasteiger partial charge in [0.25, 0.3) is 0 Å². The zero-order chi connectivity index (χ0) is 20.1. The molecule has 1 fully saturated rings. The number of hydrogen-bond donors (Lipinski definition) is 2. The molecule has 1 aromatic heterocycles. The lowest BCUT2D eigenvalue weighted by Crippen LogP contribution is -2.42. The van der Waals surface area contributed by atoms with Crippen LogP contribution in [-0.2, 0) is 0 Å². The van der Waals surface area contributed by atoms with Gasteiger partial charge in [0.15, 0.2) is 10.9 Å². The van der Waals surface area contributed by atoms with E-state index in [4.69, 9.17) is 0 Å². The van der Waals surface area contributed by atoms with E-state index in [0.29, 0.717) is 30.5 Å². The van der Waals surface area contributed by atoms with Crippen LogP contribution in [0.1, 0.15) is 18.5 Å². The summed E-state index contributed by atoms with van der Waals surface area (Å²) < 4.78 is 41.5. The number of amides is 2. The van der Waals surface area contributed by atoms with E-state index in [1.54, 1.807) is 17.0 Å². The normalized spacial score (nSPS) is 15.4. The molecule has 152 valence electrons. The van der Waals surface area contributed by atoms with E-state index in [-0.39, 0.29) is 17.7 Å². The zero-order valence-electron chi connectivity index (χ0n) is 15.3. The lowest BCUT2D eigenvalue weighted by atomic mass is 9.97. The molecule has 1 aromatic carbocycles. The molecule has 0 saturated carbocycles. The van der Waals surface area contributed by atoms with Gasteiger partial charge in [-0.2, -0.15) is 0 Å². The highest BCUT2D eigenvalue weighted by Crippen LogP contribution is 2.30. The average Bonchev–Trinajstić information content (AvgIpc) is 3.05. The number of nitrogens with one attached hydrogen (secondary N) is 2. The number of anilines is 2. The highest BCUT2D eigenvalue weighted by molar-refractivity contribution is 7.13. The summed E-state index contributed by atoms with van der Waals surface area (Å²) in [7, 11) is 0. The molecule has 0 radical (unpaired) electrons. The molecule has 2 N–H and O–H groups in total. The first-order valence-corrected chi connectivity index (χ1v) is 9.75. The number of nitrogens with zero attached hydrogens (tertiary/aromatic N) is 2. The summed E-state index contributed by atoms with van der Waals surface area (Å²) >= 11 is 1.38. The maximum absolute atomic E-state index is 12.5. The fourth-order valence-corrected chi connectivity index (χ4v) is 3.68. The van der Waals surface area contributed by atoms with Crippen LogP contribution in [0.15, 0.2) is 29.6 Å². The van der Waals surface area contributed by atoms with Crippen LogP contribution in [-0.4, -0.2) is 41.9 Å². The van der Waals surface area contributed by atoms with E-state index in [2.05, 4.69) is 20.4 Å². The van der Waals surface area contributed by atoms with Crippen molar-refractivity contribution in [3.8, 4) is 5.75 Å². The third-order valence-corrected chi connectivity index (χ3v) is 5.30. The summed E-state index contributed by atoms with van der Waals surface area (Å²) in [5.74, 6) is 0.00987. The molecule has 0 unspecified atom stereocenters. The molecule has 1 saturated heterocycles. The van der Waals surface area contributed by atoms with Crippen LogP contribution in [0.3, 0.4) is 0 Å². The first-order valence-electron chi connectivity index (χ1n) is 8.87. The third-order valence-electron chi connectivity index (χ3n) is 4.43. The number of piperidine rings is 1. The number of halogens is 3. The summed E-state index contributed by atoms with van der Waals surface area (Å²) in [6.07, 6.45) is -3.20. The second-order valence-corrected chi connectivity index (χ2v) is 7.44. The van der Waals surface area contributed by atoms with Crippen molar-refractivity contribution in [1.82, 2.24) is 9.88 Å². The first kappa shape index (κ1) is 20.2. The molecule has 0 bridgehead atoms. The molecule has 10 heteroatoms. The Morgan fingerprint density at radius 3 is 2.68 bits per heavy atom. The Labute approximate surface area is 164 Å². The molecule has 0 aliphatic carbocycles. The number of urea groups is 1. The van der Waals surface area contributed by atoms with Crippen molar-refractivity contribution in [1.29, 1.82) is 0 Å². The molecule has 0 spiro atoms. The molecule has 2 aromatic rings. The minimum absolute atomic E-state index is 0.176. The molecular formula is C18H21F3N4O2S. The summed E-state index contributed by atoms with van der Waals surface area (Å²) in [6.45, 7) is 3.55. The number of alkyl halides is 3. The number of rotatable bonds is 5. The predicted molar refractivity (Wildman–Crippen MR) is 102 cm³/mol. The van der Waals surface area contributed by atoms with Crippen molar-refractivity contribution in [2.75, 3.05) is 30.3 Å². The molecule has 6 nitrogen and oxygen atoms in total. The lowest BCUT2D eigenvalue weighted by molar-refractivity contribution is -0.274. The fraction of sp³-hybridized carbons (Fsp3) is 0.444. The minimum Gasteiger partial charge on any atom is -0.404 e. The molecule has 2 heterocycles. The van der Waals surface area contributed by atoms with Gasteiger partial charge in [0.2, 0.25) is 0 Å². The number of carbonyl (C=O) groups is 1. The van der Waals surface area contributed by atoms with Crippen LogP contribution in [0, 0.1) is 12.8 Å². The standard InChI is InChI=1S/C18H21F3N4O2S/c1-12-11-28-16(23-12)24-17(26)25-8-6-13(7-9-25)10-22-14-4-2-3-5-15(14)27-18(19,20)21/h2-5,11,13,22H,6-10H2,1H3,(H,23,24,26). The van der Waals surface area contributed by atoms with Crippen molar-refractivity contribution in [3.63, 3.8) is 0 Å². The van der Waals surface area contributed by atoms with Crippen LogP contribution < -0.4 is 15.4 Å². The number of aromatic nitrogens is 1. The van der Waals surface area contributed by atoms with Gasteiger partial charge in [-0.15, -0.1) is 24.5 Å². The largest absolute Gasteiger partial charge is 0.573 e. The van der Waals surface area contributed by atoms with Gasteiger partial charge in [0.05, 0.1) is 11.4 Å². The van der Waals surface area contributed by atoms with Crippen LogP contribution in [0.2, 0.25) is 0 Å². The van der Waals surface area contributed by atoms with Crippen LogP contribution >= 0.6 is 11.3 Å². The summed E-state index contributed by atoms with van der Waals surface area (Å²) in [5.41, 5.74) is 1.17. The number of aryl methyl sites for hydroxylation is 1. The van der Waals surface area contributed by atoms with E-state index in [1.165, 1.54) is 23.5 Å². The molecule has 0 atom stereocenters. The Balaban J connectivity index is 1.47.